The molecule has 3 aliphatic rings. The van der Waals surface area contributed by atoms with Crippen LogP contribution in [0, 0.1) is 0 Å². The van der Waals surface area contributed by atoms with Gasteiger partial charge in [0.15, 0.2) is 29.5 Å². The van der Waals surface area contributed by atoms with Crippen LogP contribution < -0.4 is 0 Å². The number of fused-ring (bicyclic) bond motifs is 3. The molecular formula is C27H27Br3F6O9S6. The molecular weight excluding hydrogens is 1010 g/mol. The number of thiophene rings is 3. The van der Waals surface area contributed by atoms with Gasteiger partial charge in [0.2, 0.25) is 0 Å². The Hall–Kier alpha value is -0.150. The minimum Gasteiger partial charge on any atom is -0.382 e. The first kappa shape index (κ1) is 43.6. The summed E-state index contributed by atoms with van der Waals surface area (Å²) in [4.78, 5) is 0. The van der Waals surface area contributed by atoms with Gasteiger partial charge in [-0.05, 0) is 83.7 Å². The van der Waals surface area contributed by atoms with E-state index in [4.69, 9.17) is 0 Å². The van der Waals surface area contributed by atoms with Gasteiger partial charge in [0, 0.05) is 54.7 Å². The van der Waals surface area contributed by atoms with Gasteiger partial charge in [-0.3, -0.25) is 0 Å². The van der Waals surface area contributed by atoms with Crippen LogP contribution in [0.3, 0.4) is 0 Å². The quantitative estimate of drug-likeness (QED) is 0.225. The molecule has 0 aliphatic heterocycles. The summed E-state index contributed by atoms with van der Waals surface area (Å²) in [5.74, 6) is -9.81. The van der Waals surface area contributed by atoms with E-state index in [1.165, 1.54) is 0 Å². The van der Waals surface area contributed by atoms with Crippen molar-refractivity contribution in [3.8, 4) is 0 Å². The van der Waals surface area contributed by atoms with Crippen LogP contribution in [-0.4, -0.2) is 77.1 Å². The Morgan fingerprint density at radius 1 is 0.510 bits per heavy atom. The first-order chi connectivity index (χ1) is 22.9. The van der Waals surface area contributed by atoms with Crippen molar-refractivity contribution in [1.82, 2.24) is 0 Å². The number of aliphatic hydroxyl groups is 3. The highest BCUT2D eigenvalue weighted by Gasteiger charge is 2.49. The Kier molecular flexibility index (Phi) is 12.6. The van der Waals surface area contributed by atoms with Crippen LogP contribution in [0.1, 0.15) is 71.0 Å². The number of alkyl halides is 6. The van der Waals surface area contributed by atoms with E-state index in [9.17, 15) is 66.9 Å². The molecule has 3 N–H and O–H groups in total. The molecule has 3 atom stereocenters. The van der Waals surface area contributed by atoms with E-state index in [0.29, 0.717) is 28.0 Å². The molecule has 0 radical (unpaired) electrons. The second-order valence-corrected chi connectivity index (χ2v) is 25.6. The van der Waals surface area contributed by atoms with Gasteiger partial charge in [-0.1, -0.05) is 0 Å². The maximum atomic E-state index is 13.4. The van der Waals surface area contributed by atoms with E-state index in [-0.39, 0.29) is 48.6 Å². The van der Waals surface area contributed by atoms with Crippen molar-refractivity contribution in [2.75, 3.05) is 18.8 Å². The average molecular weight is 1040 g/mol. The lowest BCUT2D eigenvalue weighted by Gasteiger charge is -2.28. The Labute approximate surface area is 326 Å². The average Bonchev–Trinajstić information content (AvgIpc) is 3.62. The number of rotatable bonds is 3. The Bertz CT molecular complexity index is 1940. The number of hydrogen-bond acceptors (Lipinski definition) is 12. The monoisotopic (exact) mass is 1040 g/mol. The van der Waals surface area contributed by atoms with Crippen molar-refractivity contribution >= 4 is 111 Å². The van der Waals surface area contributed by atoms with E-state index in [1.807, 2.05) is 0 Å². The zero-order valence-corrected chi connectivity index (χ0v) is 35.8. The summed E-state index contributed by atoms with van der Waals surface area (Å²) >= 11 is 12.1. The fourth-order valence-electron chi connectivity index (χ4n) is 5.55. The lowest BCUT2D eigenvalue weighted by Crippen LogP contribution is -2.32. The third-order valence-corrected chi connectivity index (χ3v) is 19.6. The third kappa shape index (κ3) is 8.81. The molecule has 0 saturated heterocycles. The second-order valence-electron chi connectivity index (χ2n) is 12.0. The Morgan fingerprint density at radius 3 is 0.882 bits per heavy atom. The van der Waals surface area contributed by atoms with E-state index in [0.717, 1.165) is 52.8 Å². The zero-order chi connectivity index (χ0) is 39.0. The van der Waals surface area contributed by atoms with E-state index < -0.39 is 84.9 Å². The molecule has 0 aromatic carbocycles. The largest absolute Gasteiger partial charge is 0.382 e. The summed E-state index contributed by atoms with van der Waals surface area (Å²) in [6, 6.07) is 0. The molecule has 51 heavy (non-hydrogen) atoms. The summed E-state index contributed by atoms with van der Waals surface area (Å²) in [5.41, 5.74) is 1.03. The first-order valence-corrected chi connectivity index (χ1v) is 24.6. The number of hydrogen-bond donors (Lipinski definition) is 3. The fraction of sp³-hybridized carbons (Fsp3) is 0.556. The van der Waals surface area contributed by atoms with E-state index in [1.54, 1.807) is 0 Å². The summed E-state index contributed by atoms with van der Waals surface area (Å²) in [6.45, 7) is 0. The summed E-state index contributed by atoms with van der Waals surface area (Å²) < 4.78 is 150. The van der Waals surface area contributed by atoms with Crippen molar-refractivity contribution in [3.05, 3.63) is 44.7 Å². The van der Waals surface area contributed by atoms with Crippen molar-refractivity contribution in [1.29, 1.82) is 0 Å². The van der Waals surface area contributed by atoms with Gasteiger partial charge in [0.05, 0.1) is 11.4 Å². The van der Waals surface area contributed by atoms with Crippen molar-refractivity contribution in [3.63, 3.8) is 0 Å². The summed E-state index contributed by atoms with van der Waals surface area (Å²) in [6.07, 6.45) is -4.51. The van der Waals surface area contributed by atoms with Gasteiger partial charge in [0.1, 0.15) is 30.9 Å². The van der Waals surface area contributed by atoms with Crippen LogP contribution >= 0.6 is 81.8 Å². The van der Waals surface area contributed by atoms with Gasteiger partial charge in [-0.25, -0.2) is 51.6 Å². The van der Waals surface area contributed by atoms with Gasteiger partial charge in [-0.2, -0.15) is 0 Å². The van der Waals surface area contributed by atoms with E-state index >= 15 is 0 Å². The van der Waals surface area contributed by atoms with Gasteiger partial charge >= 0.3 is 0 Å². The van der Waals surface area contributed by atoms with Crippen LogP contribution in [0.25, 0.3) is 0 Å². The van der Waals surface area contributed by atoms with E-state index in [2.05, 4.69) is 47.8 Å². The molecule has 1 unspecified atom stereocenters. The molecule has 9 nitrogen and oxygen atoms in total. The zero-order valence-electron chi connectivity index (χ0n) is 26.1. The minimum absolute atomic E-state index is 0.0615. The van der Waals surface area contributed by atoms with Gasteiger partial charge in [0.25, 0.3) is 17.8 Å². The van der Waals surface area contributed by atoms with Crippen LogP contribution in [0.4, 0.5) is 26.3 Å². The molecule has 3 heterocycles. The fourth-order valence-corrected chi connectivity index (χ4v) is 16.2. The highest BCUT2D eigenvalue weighted by molar-refractivity contribution is 9.11. The predicted octanol–water partition coefficient (Wildman–Crippen LogP) is 7.59. The highest BCUT2D eigenvalue weighted by atomic mass is 79.9. The summed E-state index contributed by atoms with van der Waals surface area (Å²) in [7, 11) is -10.8. The molecule has 6 rings (SSSR count). The Morgan fingerprint density at radius 2 is 0.706 bits per heavy atom. The molecule has 288 valence electrons. The smallest absolute Gasteiger partial charge is 0.277 e. The molecule has 0 spiro atoms. The summed E-state index contributed by atoms with van der Waals surface area (Å²) in [5, 5.41) is 28.9. The SMILES string of the molecule is CS(=O)(=O)c1sc(Br)c2c1C(O)C(F)(F)CC2.CS(=O)(=O)c1sc(Br)c2c1[C@@H](O)C(F)(F)CC2.CS(=O)(=O)c1sc(Br)c2c1[C@H](O)C(F)(F)CC2. The topological polar surface area (TPSA) is 163 Å². The van der Waals surface area contributed by atoms with Crippen molar-refractivity contribution < 1.29 is 66.9 Å². The molecule has 3 aromatic rings. The second kappa shape index (κ2) is 14.7. The molecule has 0 amide bonds. The molecule has 24 heteroatoms. The lowest BCUT2D eigenvalue weighted by molar-refractivity contribution is -0.122. The predicted molar refractivity (Wildman–Crippen MR) is 190 cm³/mol. The van der Waals surface area contributed by atoms with Crippen LogP contribution in [0.15, 0.2) is 24.0 Å². The maximum absolute atomic E-state index is 13.4. The first-order valence-electron chi connectivity index (χ1n) is 14.1. The molecule has 3 aromatic heterocycles. The number of sulfone groups is 3. The van der Waals surface area contributed by atoms with Gasteiger partial charge in [-0.15, -0.1) is 34.0 Å². The molecule has 0 saturated carbocycles. The number of aliphatic hydroxyl groups excluding tert-OH is 3. The minimum atomic E-state index is -3.61. The van der Waals surface area contributed by atoms with Gasteiger partial charge < -0.3 is 15.3 Å². The van der Waals surface area contributed by atoms with Crippen molar-refractivity contribution in [2.45, 2.75) is 87.2 Å². The molecule has 0 fully saturated rings. The number of halogens is 9. The highest BCUT2D eigenvalue weighted by Crippen LogP contribution is 2.52. The Balaban J connectivity index is 0.000000172. The maximum Gasteiger partial charge on any atom is 0.277 e. The van der Waals surface area contributed by atoms with Crippen LogP contribution in [0.5, 0.6) is 0 Å². The normalized spacial score (nSPS) is 23.5. The third-order valence-electron chi connectivity index (χ3n) is 8.05. The molecule has 0 bridgehead atoms. The van der Waals surface area contributed by atoms with Crippen molar-refractivity contribution in [2.24, 2.45) is 0 Å². The molecule has 3 aliphatic carbocycles. The van der Waals surface area contributed by atoms with Crippen LogP contribution in [-0.2, 0) is 48.8 Å². The lowest BCUT2D eigenvalue weighted by atomic mass is 9.90. The van der Waals surface area contributed by atoms with Crippen LogP contribution in [0.2, 0.25) is 0 Å². The standard InChI is InChI=1S/3C9H9BrF2O3S2/c3*1-17(14,15)8-5-4(7(10)16-8)2-3-9(11,12)6(5)13/h3*6,13H,2-3H2,1H3/t2*6-;/m10./s1.